The minimum absolute atomic E-state index is 0. The number of hydrogen-bond donors (Lipinski definition) is 1. The molecule has 0 aromatic heterocycles. The van der Waals surface area contributed by atoms with E-state index < -0.39 is 0 Å². The molecule has 1 amide bonds. The number of thioether (sulfide) groups is 1. The molecule has 1 aliphatic rings. The van der Waals surface area contributed by atoms with Crippen molar-refractivity contribution in [2.45, 2.75) is 50.3 Å². The normalized spacial score (nSPS) is 20.6. The zero-order chi connectivity index (χ0) is 15.6. The predicted molar refractivity (Wildman–Crippen MR) is 97.0 cm³/mol. The van der Waals surface area contributed by atoms with Gasteiger partial charge in [0.05, 0.1) is 5.56 Å². The van der Waals surface area contributed by atoms with Crippen molar-refractivity contribution in [2.24, 2.45) is 11.1 Å². The number of piperidine rings is 1. The second-order valence-electron chi connectivity index (χ2n) is 6.77. The van der Waals surface area contributed by atoms with Gasteiger partial charge in [0.25, 0.3) is 5.91 Å². The van der Waals surface area contributed by atoms with Crippen molar-refractivity contribution < 1.29 is 4.79 Å². The van der Waals surface area contributed by atoms with E-state index in [1.807, 2.05) is 29.2 Å². The molecule has 1 aliphatic heterocycles. The van der Waals surface area contributed by atoms with Gasteiger partial charge in [0.1, 0.15) is 0 Å². The van der Waals surface area contributed by atoms with Crippen LogP contribution in [0.25, 0.3) is 0 Å². The van der Waals surface area contributed by atoms with Crippen LogP contribution in [0.1, 0.15) is 44.5 Å². The van der Waals surface area contributed by atoms with Gasteiger partial charge in [0, 0.05) is 29.3 Å². The summed E-state index contributed by atoms with van der Waals surface area (Å²) in [4.78, 5) is 15.9. The monoisotopic (exact) mass is 342 g/mol. The van der Waals surface area contributed by atoms with E-state index >= 15 is 0 Å². The van der Waals surface area contributed by atoms with Gasteiger partial charge in [-0.25, -0.2) is 0 Å². The van der Waals surface area contributed by atoms with Crippen molar-refractivity contribution in [1.82, 2.24) is 4.90 Å². The molecule has 1 aromatic rings. The average Bonchev–Trinajstić information content (AvgIpc) is 2.41. The lowest BCUT2D eigenvalue weighted by Gasteiger charge is -2.42. The SMILES string of the molecule is CC(C)Sc1ccccc1C(=O)N1CCC(N)C(C)(C)C1.Cl. The van der Waals surface area contributed by atoms with Gasteiger partial charge in [-0.15, -0.1) is 24.2 Å². The number of hydrogen-bond acceptors (Lipinski definition) is 3. The van der Waals surface area contributed by atoms with Gasteiger partial charge >= 0.3 is 0 Å². The topological polar surface area (TPSA) is 46.3 Å². The van der Waals surface area contributed by atoms with E-state index in [0.29, 0.717) is 5.25 Å². The van der Waals surface area contributed by atoms with Crippen LogP contribution in [-0.4, -0.2) is 35.2 Å². The number of amides is 1. The Morgan fingerprint density at radius 1 is 1.36 bits per heavy atom. The minimum Gasteiger partial charge on any atom is -0.338 e. The Morgan fingerprint density at radius 3 is 2.59 bits per heavy atom. The third-order valence-electron chi connectivity index (χ3n) is 4.08. The quantitative estimate of drug-likeness (QED) is 0.850. The number of rotatable bonds is 3. The summed E-state index contributed by atoms with van der Waals surface area (Å²) < 4.78 is 0. The molecular formula is C17H27ClN2OS. The molecule has 0 radical (unpaired) electrons. The standard InChI is InChI=1S/C17H26N2OS.ClH/c1-12(2)21-14-8-6-5-7-13(14)16(20)19-10-9-15(18)17(3,4)11-19;/h5-8,12,15H,9-11,18H2,1-4H3;1H. The van der Waals surface area contributed by atoms with Crippen LogP contribution in [-0.2, 0) is 0 Å². The van der Waals surface area contributed by atoms with Crippen LogP contribution in [0.15, 0.2) is 29.2 Å². The number of nitrogens with zero attached hydrogens (tertiary/aromatic N) is 1. The fourth-order valence-corrected chi connectivity index (χ4v) is 3.66. The second kappa shape index (κ2) is 7.71. The van der Waals surface area contributed by atoms with Crippen molar-refractivity contribution in [1.29, 1.82) is 0 Å². The van der Waals surface area contributed by atoms with E-state index in [1.165, 1.54) is 0 Å². The summed E-state index contributed by atoms with van der Waals surface area (Å²) in [7, 11) is 0. The first-order chi connectivity index (χ1) is 9.81. The Hall–Kier alpha value is -0.710. The molecule has 0 aliphatic carbocycles. The van der Waals surface area contributed by atoms with Gasteiger partial charge < -0.3 is 10.6 Å². The molecule has 5 heteroatoms. The van der Waals surface area contributed by atoms with Crippen LogP contribution in [0.5, 0.6) is 0 Å². The zero-order valence-electron chi connectivity index (χ0n) is 13.8. The second-order valence-corrected chi connectivity index (χ2v) is 8.39. The van der Waals surface area contributed by atoms with Crippen LogP contribution < -0.4 is 5.73 Å². The molecule has 22 heavy (non-hydrogen) atoms. The van der Waals surface area contributed by atoms with Crippen LogP contribution in [0.2, 0.25) is 0 Å². The molecule has 1 aromatic carbocycles. The highest BCUT2D eigenvalue weighted by Gasteiger charge is 2.35. The molecule has 1 fully saturated rings. The van der Waals surface area contributed by atoms with Crippen molar-refractivity contribution in [3.8, 4) is 0 Å². The first-order valence-electron chi connectivity index (χ1n) is 7.62. The Bertz CT molecular complexity index is 519. The summed E-state index contributed by atoms with van der Waals surface area (Å²) in [6.07, 6.45) is 0.873. The molecule has 3 nitrogen and oxygen atoms in total. The number of likely N-dealkylation sites (tertiary alicyclic amines) is 1. The van der Waals surface area contributed by atoms with E-state index in [1.54, 1.807) is 11.8 Å². The summed E-state index contributed by atoms with van der Waals surface area (Å²) >= 11 is 1.75. The number of carbonyl (C=O) groups excluding carboxylic acids is 1. The fraction of sp³-hybridized carbons (Fsp3) is 0.588. The molecule has 1 saturated heterocycles. The number of benzene rings is 1. The number of nitrogens with two attached hydrogens (primary N) is 1. The predicted octanol–water partition coefficient (Wildman–Crippen LogP) is 3.81. The molecule has 1 atom stereocenters. The number of halogens is 1. The van der Waals surface area contributed by atoms with Gasteiger partial charge in [-0.3, -0.25) is 4.79 Å². The molecular weight excluding hydrogens is 316 g/mol. The molecule has 2 rings (SSSR count). The van der Waals surface area contributed by atoms with Crippen LogP contribution in [0.3, 0.4) is 0 Å². The van der Waals surface area contributed by atoms with Crippen molar-refractivity contribution >= 4 is 30.1 Å². The molecule has 0 bridgehead atoms. The lowest BCUT2D eigenvalue weighted by molar-refractivity contribution is 0.0529. The van der Waals surface area contributed by atoms with Crippen LogP contribution in [0, 0.1) is 5.41 Å². The third kappa shape index (κ3) is 4.40. The third-order valence-corrected chi connectivity index (χ3v) is 5.16. The van der Waals surface area contributed by atoms with Gasteiger partial charge in [-0.2, -0.15) is 0 Å². The summed E-state index contributed by atoms with van der Waals surface area (Å²) in [5.74, 6) is 0.138. The van der Waals surface area contributed by atoms with Gasteiger partial charge in [-0.1, -0.05) is 39.8 Å². The summed E-state index contributed by atoms with van der Waals surface area (Å²) in [6.45, 7) is 10.1. The van der Waals surface area contributed by atoms with Gasteiger partial charge in [-0.05, 0) is 24.0 Å². The van der Waals surface area contributed by atoms with Crippen LogP contribution >= 0.6 is 24.2 Å². The minimum atomic E-state index is -0.0198. The highest BCUT2D eigenvalue weighted by Crippen LogP contribution is 2.31. The average molecular weight is 343 g/mol. The van der Waals surface area contributed by atoms with E-state index in [4.69, 9.17) is 5.73 Å². The smallest absolute Gasteiger partial charge is 0.255 e. The lowest BCUT2D eigenvalue weighted by atomic mass is 9.79. The summed E-state index contributed by atoms with van der Waals surface area (Å²) in [5.41, 5.74) is 6.97. The Balaban J connectivity index is 0.00000242. The Labute approximate surface area is 144 Å². The molecule has 1 heterocycles. The van der Waals surface area contributed by atoms with Crippen molar-refractivity contribution in [3.05, 3.63) is 29.8 Å². The largest absolute Gasteiger partial charge is 0.338 e. The molecule has 1 unspecified atom stereocenters. The molecule has 124 valence electrons. The first-order valence-corrected chi connectivity index (χ1v) is 8.50. The van der Waals surface area contributed by atoms with Crippen LogP contribution in [0.4, 0.5) is 0 Å². The molecule has 0 spiro atoms. The fourth-order valence-electron chi connectivity index (χ4n) is 2.72. The van der Waals surface area contributed by atoms with Gasteiger partial charge in [0.2, 0.25) is 0 Å². The van der Waals surface area contributed by atoms with E-state index in [-0.39, 0.29) is 29.8 Å². The zero-order valence-corrected chi connectivity index (χ0v) is 15.5. The Kier molecular flexibility index (Phi) is 6.78. The highest BCUT2D eigenvalue weighted by molar-refractivity contribution is 8.00. The molecule has 0 saturated carbocycles. The van der Waals surface area contributed by atoms with Crippen molar-refractivity contribution in [3.63, 3.8) is 0 Å². The van der Waals surface area contributed by atoms with Gasteiger partial charge in [0.15, 0.2) is 0 Å². The lowest BCUT2D eigenvalue weighted by Crippen LogP contribution is -2.54. The maximum absolute atomic E-state index is 12.9. The summed E-state index contributed by atoms with van der Waals surface area (Å²) in [5, 5.41) is 0.463. The first kappa shape index (κ1) is 19.3. The van der Waals surface area contributed by atoms with E-state index in [9.17, 15) is 4.79 Å². The maximum atomic E-state index is 12.9. The maximum Gasteiger partial charge on any atom is 0.255 e. The molecule has 2 N–H and O–H groups in total. The highest BCUT2D eigenvalue weighted by atomic mass is 35.5. The van der Waals surface area contributed by atoms with E-state index in [2.05, 4.69) is 27.7 Å². The summed E-state index contributed by atoms with van der Waals surface area (Å²) in [6, 6.07) is 8.09. The van der Waals surface area contributed by atoms with Crippen molar-refractivity contribution in [2.75, 3.05) is 13.1 Å². The van der Waals surface area contributed by atoms with E-state index in [0.717, 1.165) is 30.0 Å². The number of carbonyl (C=O) groups is 1. The Morgan fingerprint density at radius 2 is 2.00 bits per heavy atom.